The molecule has 0 aliphatic heterocycles. The minimum Gasteiger partial charge on any atom is -0.496 e. The van der Waals surface area contributed by atoms with Crippen LogP contribution in [0.4, 0.5) is 0 Å². The summed E-state index contributed by atoms with van der Waals surface area (Å²) in [6.45, 7) is 2.00. The number of hydrogen-bond donors (Lipinski definition) is 1. The Bertz CT molecular complexity index is 887. The van der Waals surface area contributed by atoms with Crippen molar-refractivity contribution < 1.29 is 9.53 Å². The van der Waals surface area contributed by atoms with E-state index in [1.807, 2.05) is 73.3 Å². The molecule has 134 valence electrons. The summed E-state index contributed by atoms with van der Waals surface area (Å²) >= 11 is 0. The second-order valence-corrected chi connectivity index (χ2v) is 6.30. The van der Waals surface area contributed by atoms with Crippen LogP contribution in [0.5, 0.6) is 5.75 Å². The Morgan fingerprint density at radius 3 is 2.65 bits per heavy atom. The number of amides is 1. The van der Waals surface area contributed by atoms with Gasteiger partial charge in [-0.3, -0.25) is 4.79 Å². The van der Waals surface area contributed by atoms with E-state index >= 15 is 0 Å². The van der Waals surface area contributed by atoms with Crippen LogP contribution in [-0.2, 0) is 18.3 Å². The van der Waals surface area contributed by atoms with Crippen molar-refractivity contribution in [2.24, 2.45) is 7.05 Å². The fourth-order valence-electron chi connectivity index (χ4n) is 3.03. The second-order valence-electron chi connectivity index (χ2n) is 6.30. The molecule has 1 aromatic heterocycles. The Morgan fingerprint density at radius 2 is 2.00 bits per heavy atom. The fraction of sp³-hybridized carbons (Fsp3) is 0.238. The van der Waals surface area contributed by atoms with Gasteiger partial charge in [-0.05, 0) is 18.6 Å². The van der Waals surface area contributed by atoms with E-state index < -0.39 is 0 Å². The summed E-state index contributed by atoms with van der Waals surface area (Å²) < 4.78 is 7.31. The first-order valence-electron chi connectivity index (χ1n) is 8.53. The molecular weight excluding hydrogens is 326 g/mol. The Morgan fingerprint density at radius 1 is 1.23 bits per heavy atom. The van der Waals surface area contributed by atoms with E-state index in [2.05, 4.69) is 10.3 Å². The molecule has 26 heavy (non-hydrogen) atoms. The van der Waals surface area contributed by atoms with E-state index in [-0.39, 0.29) is 18.4 Å². The van der Waals surface area contributed by atoms with Gasteiger partial charge in [-0.15, -0.1) is 0 Å². The highest BCUT2D eigenvalue weighted by Gasteiger charge is 2.21. The van der Waals surface area contributed by atoms with Crippen LogP contribution in [-0.4, -0.2) is 22.6 Å². The standard InChI is InChI=1S/C21H23N3O2/c1-15-9-10-18(26-3)17(13-15)14-19(25)23-20(16-7-5-4-6-8-16)21-22-11-12-24(21)2/h4-13,20H,14H2,1-3H3,(H,23,25)/t20-/m1/s1. The van der Waals surface area contributed by atoms with Gasteiger partial charge in [0.15, 0.2) is 0 Å². The molecule has 0 aliphatic carbocycles. The first kappa shape index (κ1) is 17.7. The average molecular weight is 349 g/mol. The molecule has 0 unspecified atom stereocenters. The molecule has 5 heteroatoms. The molecule has 5 nitrogen and oxygen atoms in total. The number of imidazole rings is 1. The molecule has 1 N–H and O–H groups in total. The number of ether oxygens (including phenoxy) is 1. The molecular formula is C21H23N3O2. The van der Waals surface area contributed by atoms with Gasteiger partial charge in [0.25, 0.3) is 0 Å². The highest BCUT2D eigenvalue weighted by Crippen LogP contribution is 2.23. The maximum atomic E-state index is 12.8. The predicted octanol–water partition coefficient (Wildman–Crippen LogP) is 3.19. The molecule has 0 bridgehead atoms. The maximum absolute atomic E-state index is 12.8. The van der Waals surface area contributed by atoms with Crippen molar-refractivity contribution in [2.75, 3.05) is 7.11 Å². The number of nitrogens with one attached hydrogen (secondary N) is 1. The molecule has 0 saturated heterocycles. The van der Waals surface area contributed by atoms with E-state index in [0.717, 1.165) is 28.3 Å². The van der Waals surface area contributed by atoms with Crippen molar-refractivity contribution in [3.63, 3.8) is 0 Å². The van der Waals surface area contributed by atoms with Crippen LogP contribution in [0.25, 0.3) is 0 Å². The minimum atomic E-state index is -0.306. The molecule has 0 saturated carbocycles. The minimum absolute atomic E-state index is 0.0780. The summed E-state index contributed by atoms with van der Waals surface area (Å²) in [5.41, 5.74) is 2.96. The van der Waals surface area contributed by atoms with Crippen LogP contribution in [0.1, 0.15) is 28.6 Å². The highest BCUT2D eigenvalue weighted by atomic mass is 16.5. The lowest BCUT2D eigenvalue weighted by atomic mass is 10.0. The number of carbonyl (C=O) groups is 1. The first-order chi connectivity index (χ1) is 12.6. The van der Waals surface area contributed by atoms with Gasteiger partial charge in [-0.1, -0.05) is 48.0 Å². The SMILES string of the molecule is COc1ccc(C)cc1CC(=O)N[C@H](c1ccccc1)c1nccn1C. The van der Waals surface area contributed by atoms with Crippen LogP contribution in [0, 0.1) is 6.92 Å². The predicted molar refractivity (Wildman–Crippen MR) is 101 cm³/mol. The molecule has 3 aromatic rings. The monoisotopic (exact) mass is 349 g/mol. The van der Waals surface area contributed by atoms with E-state index in [0.29, 0.717) is 0 Å². The lowest BCUT2D eigenvalue weighted by Gasteiger charge is -2.19. The topological polar surface area (TPSA) is 56.1 Å². The number of benzene rings is 2. The third-order valence-corrected chi connectivity index (χ3v) is 4.34. The lowest BCUT2D eigenvalue weighted by Crippen LogP contribution is -2.32. The molecule has 3 rings (SSSR count). The molecule has 2 aromatic carbocycles. The molecule has 0 fully saturated rings. The van der Waals surface area contributed by atoms with Gasteiger partial charge in [0.2, 0.25) is 5.91 Å². The molecule has 1 atom stereocenters. The molecule has 1 amide bonds. The second kappa shape index (κ2) is 7.87. The third kappa shape index (κ3) is 3.94. The van der Waals surface area contributed by atoms with Crippen molar-refractivity contribution in [3.8, 4) is 5.75 Å². The lowest BCUT2D eigenvalue weighted by molar-refractivity contribution is -0.121. The van der Waals surface area contributed by atoms with Crippen LogP contribution < -0.4 is 10.1 Å². The van der Waals surface area contributed by atoms with Gasteiger partial charge in [-0.2, -0.15) is 0 Å². The van der Waals surface area contributed by atoms with Crippen molar-refractivity contribution >= 4 is 5.91 Å². The normalized spacial score (nSPS) is 11.8. The smallest absolute Gasteiger partial charge is 0.225 e. The quantitative estimate of drug-likeness (QED) is 0.744. The third-order valence-electron chi connectivity index (χ3n) is 4.34. The Kier molecular flexibility index (Phi) is 5.37. The Balaban J connectivity index is 1.85. The molecule has 1 heterocycles. The van der Waals surface area contributed by atoms with Gasteiger partial charge in [-0.25, -0.2) is 4.98 Å². The number of aromatic nitrogens is 2. The number of rotatable bonds is 6. The maximum Gasteiger partial charge on any atom is 0.225 e. The van der Waals surface area contributed by atoms with Crippen LogP contribution >= 0.6 is 0 Å². The fourth-order valence-corrected chi connectivity index (χ4v) is 3.03. The zero-order valence-electron chi connectivity index (χ0n) is 15.3. The van der Waals surface area contributed by atoms with Gasteiger partial charge in [0.05, 0.1) is 13.5 Å². The number of carbonyl (C=O) groups excluding carboxylic acids is 1. The number of hydrogen-bond acceptors (Lipinski definition) is 3. The average Bonchev–Trinajstić information content (AvgIpc) is 3.06. The zero-order valence-corrected chi connectivity index (χ0v) is 15.3. The van der Waals surface area contributed by atoms with Crippen molar-refractivity contribution in [1.82, 2.24) is 14.9 Å². The van der Waals surface area contributed by atoms with Crippen molar-refractivity contribution in [3.05, 3.63) is 83.4 Å². The van der Waals surface area contributed by atoms with E-state index in [1.54, 1.807) is 13.3 Å². The summed E-state index contributed by atoms with van der Waals surface area (Å²) in [5.74, 6) is 1.44. The summed E-state index contributed by atoms with van der Waals surface area (Å²) in [5, 5.41) is 3.12. The van der Waals surface area contributed by atoms with Crippen LogP contribution in [0.3, 0.4) is 0 Å². The zero-order chi connectivity index (χ0) is 18.5. The number of aryl methyl sites for hydroxylation is 2. The van der Waals surface area contributed by atoms with E-state index in [4.69, 9.17) is 4.74 Å². The number of nitrogens with zero attached hydrogens (tertiary/aromatic N) is 2. The highest BCUT2D eigenvalue weighted by molar-refractivity contribution is 5.80. The van der Waals surface area contributed by atoms with Crippen molar-refractivity contribution in [1.29, 1.82) is 0 Å². The Labute approximate surface area is 153 Å². The largest absolute Gasteiger partial charge is 0.496 e. The molecule has 0 radical (unpaired) electrons. The van der Waals surface area contributed by atoms with Gasteiger partial charge in [0.1, 0.15) is 17.6 Å². The van der Waals surface area contributed by atoms with E-state index in [1.165, 1.54) is 0 Å². The first-order valence-corrected chi connectivity index (χ1v) is 8.53. The summed E-state index contributed by atoms with van der Waals surface area (Å²) in [6.07, 6.45) is 3.86. The van der Waals surface area contributed by atoms with Crippen molar-refractivity contribution in [2.45, 2.75) is 19.4 Å². The van der Waals surface area contributed by atoms with Crippen LogP contribution in [0.2, 0.25) is 0 Å². The summed E-state index contributed by atoms with van der Waals surface area (Å²) in [6, 6.07) is 15.4. The molecule has 0 aliphatic rings. The van der Waals surface area contributed by atoms with Crippen LogP contribution in [0.15, 0.2) is 60.9 Å². The number of methoxy groups -OCH3 is 1. The Hall–Kier alpha value is -3.08. The van der Waals surface area contributed by atoms with Gasteiger partial charge < -0.3 is 14.6 Å². The van der Waals surface area contributed by atoms with Gasteiger partial charge in [0, 0.05) is 25.0 Å². The summed E-state index contributed by atoms with van der Waals surface area (Å²) in [7, 11) is 3.54. The van der Waals surface area contributed by atoms with E-state index in [9.17, 15) is 4.79 Å². The molecule has 0 spiro atoms. The van der Waals surface area contributed by atoms with Gasteiger partial charge >= 0.3 is 0 Å². The summed E-state index contributed by atoms with van der Waals surface area (Å²) in [4.78, 5) is 17.2.